The SMILES string of the molecule is Cn1c(NCC(O)C2CCCC2)c(C#N)c(=O)n(C)c1=O. The Morgan fingerprint density at radius 3 is 2.52 bits per heavy atom. The highest BCUT2D eigenvalue weighted by Crippen LogP contribution is 2.27. The van der Waals surface area contributed by atoms with E-state index in [2.05, 4.69) is 5.32 Å². The third-order valence-corrected chi connectivity index (χ3v) is 4.20. The lowest BCUT2D eigenvalue weighted by Crippen LogP contribution is -2.40. The first-order chi connectivity index (χ1) is 9.97. The number of aliphatic hydroxyl groups is 1. The van der Waals surface area contributed by atoms with Gasteiger partial charge in [-0.05, 0) is 18.8 Å². The fourth-order valence-electron chi connectivity index (χ4n) is 2.86. The summed E-state index contributed by atoms with van der Waals surface area (Å²) in [7, 11) is 2.83. The van der Waals surface area contributed by atoms with Crippen molar-refractivity contribution in [3.05, 3.63) is 26.4 Å². The zero-order chi connectivity index (χ0) is 15.6. The largest absolute Gasteiger partial charge is 0.391 e. The number of nitrogens with one attached hydrogen (secondary N) is 1. The number of aliphatic hydroxyl groups excluding tert-OH is 1. The highest BCUT2D eigenvalue weighted by molar-refractivity contribution is 5.51. The van der Waals surface area contributed by atoms with Crippen molar-refractivity contribution in [2.45, 2.75) is 31.8 Å². The third-order valence-electron chi connectivity index (χ3n) is 4.20. The molecule has 0 amide bonds. The van der Waals surface area contributed by atoms with Crippen molar-refractivity contribution in [2.75, 3.05) is 11.9 Å². The minimum atomic E-state index is -0.626. The van der Waals surface area contributed by atoms with E-state index in [9.17, 15) is 14.7 Å². The van der Waals surface area contributed by atoms with Crippen LogP contribution in [0.15, 0.2) is 9.59 Å². The molecule has 7 nitrogen and oxygen atoms in total. The zero-order valence-electron chi connectivity index (χ0n) is 12.3. The topological polar surface area (TPSA) is 100 Å². The Kier molecular flexibility index (Phi) is 4.48. The normalized spacial score (nSPS) is 16.7. The first-order valence-electron chi connectivity index (χ1n) is 7.09. The molecule has 114 valence electrons. The number of nitriles is 1. The highest BCUT2D eigenvalue weighted by Gasteiger charge is 2.24. The summed E-state index contributed by atoms with van der Waals surface area (Å²) in [4.78, 5) is 23.8. The number of hydrogen-bond acceptors (Lipinski definition) is 5. The average molecular weight is 292 g/mol. The number of aromatic nitrogens is 2. The molecule has 0 bridgehead atoms. The first kappa shape index (κ1) is 15.3. The van der Waals surface area contributed by atoms with Gasteiger partial charge in [0.2, 0.25) is 0 Å². The maximum absolute atomic E-state index is 11.9. The zero-order valence-corrected chi connectivity index (χ0v) is 12.3. The van der Waals surface area contributed by atoms with Gasteiger partial charge >= 0.3 is 5.69 Å². The predicted octanol–water partition coefficient (Wildman–Crippen LogP) is -0.0813. The lowest BCUT2D eigenvalue weighted by atomic mass is 10.0. The molecular weight excluding hydrogens is 272 g/mol. The average Bonchev–Trinajstić information content (AvgIpc) is 3.01. The Hall–Kier alpha value is -2.07. The van der Waals surface area contributed by atoms with Crippen molar-refractivity contribution in [2.24, 2.45) is 20.0 Å². The van der Waals surface area contributed by atoms with Gasteiger partial charge in [0.15, 0.2) is 5.56 Å². The van der Waals surface area contributed by atoms with Crippen molar-refractivity contribution in [1.29, 1.82) is 5.26 Å². The van der Waals surface area contributed by atoms with Crippen molar-refractivity contribution in [1.82, 2.24) is 9.13 Å². The third kappa shape index (κ3) is 2.85. The molecule has 1 aromatic heterocycles. The monoisotopic (exact) mass is 292 g/mol. The minimum absolute atomic E-state index is 0.113. The van der Waals surface area contributed by atoms with Gasteiger partial charge in [-0.3, -0.25) is 13.9 Å². The summed E-state index contributed by atoms with van der Waals surface area (Å²) >= 11 is 0. The van der Waals surface area contributed by atoms with Gasteiger partial charge in [-0.25, -0.2) is 4.79 Å². The summed E-state index contributed by atoms with van der Waals surface area (Å²) in [6.07, 6.45) is 3.68. The minimum Gasteiger partial charge on any atom is -0.391 e. The maximum atomic E-state index is 11.9. The van der Waals surface area contributed by atoms with Gasteiger partial charge in [0.1, 0.15) is 11.9 Å². The molecule has 2 N–H and O–H groups in total. The van der Waals surface area contributed by atoms with Gasteiger partial charge in [-0.1, -0.05) is 12.8 Å². The molecule has 1 heterocycles. The lowest BCUT2D eigenvalue weighted by molar-refractivity contribution is 0.122. The van der Waals surface area contributed by atoms with Crippen LogP contribution in [0.1, 0.15) is 31.2 Å². The molecule has 1 saturated carbocycles. The second-order valence-corrected chi connectivity index (χ2v) is 5.53. The van der Waals surface area contributed by atoms with E-state index in [1.807, 2.05) is 6.07 Å². The summed E-state index contributed by atoms with van der Waals surface area (Å²) in [5.74, 6) is 0.411. The number of anilines is 1. The quantitative estimate of drug-likeness (QED) is 0.808. The first-order valence-corrected chi connectivity index (χ1v) is 7.09. The van der Waals surface area contributed by atoms with Gasteiger partial charge in [-0.15, -0.1) is 0 Å². The van der Waals surface area contributed by atoms with Gasteiger partial charge in [-0.2, -0.15) is 5.26 Å². The molecule has 1 aliphatic carbocycles. The van der Waals surface area contributed by atoms with E-state index in [1.54, 1.807) is 0 Å². The summed E-state index contributed by atoms with van der Waals surface area (Å²) in [6.45, 7) is 0.222. The number of hydrogen-bond donors (Lipinski definition) is 2. The van der Waals surface area contributed by atoms with E-state index in [4.69, 9.17) is 5.26 Å². The van der Waals surface area contributed by atoms with Crippen LogP contribution in [0, 0.1) is 17.2 Å². The molecule has 1 aliphatic rings. The predicted molar refractivity (Wildman–Crippen MR) is 78.1 cm³/mol. The number of nitrogens with zero attached hydrogens (tertiary/aromatic N) is 3. The molecule has 0 saturated heterocycles. The summed E-state index contributed by atoms with van der Waals surface area (Å²) in [5, 5.41) is 22.2. The molecule has 0 aromatic carbocycles. The van der Waals surface area contributed by atoms with E-state index >= 15 is 0 Å². The lowest BCUT2D eigenvalue weighted by Gasteiger charge is -2.20. The molecular formula is C14H20N4O3. The molecule has 1 atom stereocenters. The Balaban J connectivity index is 2.26. The fourth-order valence-corrected chi connectivity index (χ4v) is 2.86. The molecule has 1 aromatic rings. The van der Waals surface area contributed by atoms with Crippen molar-refractivity contribution in [3.8, 4) is 6.07 Å². The van der Waals surface area contributed by atoms with E-state index < -0.39 is 17.4 Å². The van der Waals surface area contributed by atoms with Crippen LogP contribution in [-0.2, 0) is 14.1 Å². The highest BCUT2D eigenvalue weighted by atomic mass is 16.3. The van der Waals surface area contributed by atoms with E-state index in [0.717, 1.165) is 30.3 Å². The molecule has 7 heteroatoms. The Morgan fingerprint density at radius 1 is 1.33 bits per heavy atom. The maximum Gasteiger partial charge on any atom is 0.332 e. The van der Waals surface area contributed by atoms with Crippen LogP contribution in [0.5, 0.6) is 0 Å². The van der Waals surface area contributed by atoms with E-state index in [0.29, 0.717) is 0 Å². The van der Waals surface area contributed by atoms with Crippen molar-refractivity contribution in [3.63, 3.8) is 0 Å². The van der Waals surface area contributed by atoms with Crippen molar-refractivity contribution < 1.29 is 5.11 Å². The van der Waals surface area contributed by atoms with Crippen LogP contribution < -0.4 is 16.6 Å². The molecule has 0 spiro atoms. The van der Waals surface area contributed by atoms with Gasteiger partial charge < -0.3 is 10.4 Å². The second kappa shape index (κ2) is 6.14. The van der Waals surface area contributed by atoms with Gasteiger partial charge in [0, 0.05) is 20.6 Å². The standard InChI is InChI=1S/C14H20N4O3/c1-17-12(10(7-15)13(20)18(2)14(17)21)16-8-11(19)9-5-3-4-6-9/h9,11,16,19H,3-6,8H2,1-2H3. The molecule has 0 aliphatic heterocycles. The van der Waals surface area contributed by atoms with Crippen LogP contribution in [0.4, 0.5) is 5.82 Å². The number of rotatable bonds is 4. The van der Waals surface area contributed by atoms with E-state index in [-0.39, 0.29) is 23.8 Å². The van der Waals surface area contributed by atoms with Crippen LogP contribution in [0.2, 0.25) is 0 Å². The van der Waals surface area contributed by atoms with Crippen LogP contribution in [0.25, 0.3) is 0 Å². The summed E-state index contributed by atoms with van der Waals surface area (Å²) in [6, 6.07) is 1.83. The Labute approximate surface area is 122 Å². The van der Waals surface area contributed by atoms with Crippen LogP contribution in [0.3, 0.4) is 0 Å². The van der Waals surface area contributed by atoms with Gasteiger partial charge in [0.05, 0.1) is 6.10 Å². The van der Waals surface area contributed by atoms with Crippen molar-refractivity contribution >= 4 is 5.82 Å². The molecule has 1 unspecified atom stereocenters. The smallest absolute Gasteiger partial charge is 0.332 e. The van der Waals surface area contributed by atoms with Gasteiger partial charge in [0.25, 0.3) is 5.56 Å². The Bertz CT molecular complexity index is 677. The van der Waals surface area contributed by atoms with Crippen LogP contribution >= 0.6 is 0 Å². The van der Waals surface area contributed by atoms with Crippen LogP contribution in [-0.4, -0.2) is 26.9 Å². The van der Waals surface area contributed by atoms with E-state index in [1.165, 1.54) is 18.7 Å². The molecule has 21 heavy (non-hydrogen) atoms. The molecule has 2 rings (SSSR count). The molecule has 0 radical (unpaired) electrons. The summed E-state index contributed by atoms with van der Waals surface area (Å²) in [5.41, 5.74) is -1.24. The summed E-state index contributed by atoms with van der Waals surface area (Å²) < 4.78 is 2.12. The fraction of sp³-hybridized carbons (Fsp3) is 0.643. The molecule has 1 fully saturated rings. The second-order valence-electron chi connectivity index (χ2n) is 5.53. The Morgan fingerprint density at radius 2 is 1.95 bits per heavy atom.